The summed E-state index contributed by atoms with van der Waals surface area (Å²) in [4.78, 5) is 23.2. The van der Waals surface area contributed by atoms with E-state index < -0.39 is 0 Å². The lowest BCUT2D eigenvalue weighted by Gasteiger charge is -2.08. The van der Waals surface area contributed by atoms with Crippen LogP contribution >= 0.6 is 0 Å². The first kappa shape index (κ1) is 12.2. The molecule has 0 bridgehead atoms. The van der Waals surface area contributed by atoms with Crippen molar-refractivity contribution in [2.75, 3.05) is 10.6 Å². The van der Waals surface area contributed by atoms with Crippen LogP contribution in [-0.4, -0.2) is 21.0 Å². The number of nitrogens with one attached hydrogen (secondary N) is 3. The standard InChI is InChI=1S/C14H13N5O/c1-9-3-2-6-15-13(9)19-14(20)18-10-4-5-11-12(7-10)17-8-16-11/h2-8H,1H3,(H,16,17)(H2,15,18,19,20). The SMILES string of the molecule is Cc1cccnc1NC(=O)Nc1ccc2nc[nH]c2c1. The van der Waals surface area contributed by atoms with Crippen LogP contribution in [0.2, 0.25) is 0 Å². The molecule has 0 saturated carbocycles. The molecule has 6 heteroatoms. The highest BCUT2D eigenvalue weighted by atomic mass is 16.2. The number of hydrogen-bond acceptors (Lipinski definition) is 3. The Kier molecular flexibility index (Phi) is 3.04. The molecule has 2 aromatic heterocycles. The van der Waals surface area contributed by atoms with Gasteiger partial charge < -0.3 is 10.3 Å². The third kappa shape index (κ3) is 2.44. The molecule has 0 radical (unpaired) electrons. The van der Waals surface area contributed by atoms with E-state index in [1.807, 2.05) is 31.2 Å². The van der Waals surface area contributed by atoms with Crippen LogP contribution in [0, 0.1) is 6.92 Å². The molecule has 100 valence electrons. The Morgan fingerprint density at radius 2 is 2.10 bits per heavy atom. The van der Waals surface area contributed by atoms with Crippen molar-refractivity contribution >= 4 is 28.6 Å². The minimum atomic E-state index is -0.328. The minimum Gasteiger partial charge on any atom is -0.345 e. The summed E-state index contributed by atoms with van der Waals surface area (Å²) in [5.74, 6) is 0.549. The number of rotatable bonds is 2. The Labute approximate surface area is 115 Å². The molecule has 0 aliphatic rings. The zero-order valence-electron chi connectivity index (χ0n) is 10.8. The lowest BCUT2D eigenvalue weighted by molar-refractivity contribution is 0.262. The highest BCUT2D eigenvalue weighted by molar-refractivity contribution is 6.00. The zero-order valence-corrected chi connectivity index (χ0v) is 10.8. The van der Waals surface area contributed by atoms with Crippen LogP contribution < -0.4 is 10.6 Å². The maximum Gasteiger partial charge on any atom is 0.324 e. The number of anilines is 2. The quantitative estimate of drug-likeness (QED) is 0.667. The Hall–Kier alpha value is -2.89. The minimum absolute atomic E-state index is 0.328. The molecule has 0 atom stereocenters. The van der Waals surface area contributed by atoms with Crippen molar-refractivity contribution in [3.8, 4) is 0 Å². The van der Waals surface area contributed by atoms with Gasteiger partial charge in [0.25, 0.3) is 0 Å². The van der Waals surface area contributed by atoms with E-state index in [9.17, 15) is 4.79 Å². The number of imidazole rings is 1. The molecule has 6 nitrogen and oxygen atoms in total. The van der Waals surface area contributed by atoms with E-state index in [0.29, 0.717) is 11.5 Å². The Morgan fingerprint density at radius 1 is 1.20 bits per heavy atom. The molecule has 1 aromatic carbocycles. The van der Waals surface area contributed by atoms with Gasteiger partial charge in [0.1, 0.15) is 5.82 Å². The fourth-order valence-electron chi connectivity index (χ4n) is 1.90. The molecule has 0 aliphatic heterocycles. The Balaban J connectivity index is 1.74. The average Bonchev–Trinajstić information content (AvgIpc) is 2.89. The smallest absolute Gasteiger partial charge is 0.324 e. The first-order valence-corrected chi connectivity index (χ1v) is 6.15. The number of nitrogens with zero attached hydrogens (tertiary/aromatic N) is 2. The van der Waals surface area contributed by atoms with Crippen LogP contribution in [0.25, 0.3) is 11.0 Å². The number of aryl methyl sites for hydroxylation is 1. The number of carbonyl (C=O) groups is 1. The molecule has 0 aliphatic carbocycles. The number of fused-ring (bicyclic) bond motifs is 1. The molecule has 0 fully saturated rings. The first-order valence-electron chi connectivity index (χ1n) is 6.15. The van der Waals surface area contributed by atoms with E-state index in [4.69, 9.17) is 0 Å². The van der Waals surface area contributed by atoms with Crippen molar-refractivity contribution in [2.24, 2.45) is 0 Å². The van der Waals surface area contributed by atoms with Crippen LogP contribution in [0.15, 0.2) is 42.9 Å². The molecule has 3 rings (SSSR count). The van der Waals surface area contributed by atoms with E-state index in [-0.39, 0.29) is 6.03 Å². The maximum atomic E-state index is 11.9. The molecule has 3 N–H and O–H groups in total. The summed E-state index contributed by atoms with van der Waals surface area (Å²) in [6, 6.07) is 8.85. The number of urea groups is 1. The molecule has 20 heavy (non-hydrogen) atoms. The van der Waals surface area contributed by atoms with Crippen molar-refractivity contribution in [3.05, 3.63) is 48.4 Å². The molecule has 3 aromatic rings. The third-order valence-electron chi connectivity index (χ3n) is 2.92. The van der Waals surface area contributed by atoms with Crippen LogP contribution in [0.5, 0.6) is 0 Å². The van der Waals surface area contributed by atoms with Gasteiger partial charge in [-0.25, -0.2) is 14.8 Å². The fraction of sp³-hybridized carbons (Fsp3) is 0.0714. The van der Waals surface area contributed by atoms with Crippen molar-refractivity contribution in [1.82, 2.24) is 15.0 Å². The molecule has 0 saturated heterocycles. The predicted octanol–water partition coefficient (Wildman–Crippen LogP) is 2.91. The molecular formula is C14H13N5O. The van der Waals surface area contributed by atoms with Gasteiger partial charge in [0.05, 0.1) is 17.4 Å². The second kappa shape index (κ2) is 5.00. The highest BCUT2D eigenvalue weighted by Crippen LogP contribution is 2.16. The number of amides is 2. The number of pyridine rings is 1. The maximum absolute atomic E-state index is 11.9. The van der Waals surface area contributed by atoms with Crippen molar-refractivity contribution in [2.45, 2.75) is 6.92 Å². The van der Waals surface area contributed by atoms with Gasteiger partial charge in [-0.2, -0.15) is 0 Å². The Morgan fingerprint density at radius 3 is 2.95 bits per heavy atom. The van der Waals surface area contributed by atoms with Gasteiger partial charge in [0, 0.05) is 11.9 Å². The second-order valence-electron chi connectivity index (χ2n) is 4.38. The normalized spacial score (nSPS) is 10.4. The number of carbonyl (C=O) groups excluding carboxylic acids is 1. The van der Waals surface area contributed by atoms with Crippen LogP contribution in [0.1, 0.15) is 5.56 Å². The Bertz CT molecular complexity index is 765. The molecule has 2 heterocycles. The highest BCUT2D eigenvalue weighted by Gasteiger charge is 2.06. The number of hydrogen-bond donors (Lipinski definition) is 3. The number of aromatic nitrogens is 3. The van der Waals surface area contributed by atoms with Crippen molar-refractivity contribution in [3.63, 3.8) is 0 Å². The third-order valence-corrected chi connectivity index (χ3v) is 2.92. The van der Waals surface area contributed by atoms with E-state index >= 15 is 0 Å². The van der Waals surface area contributed by atoms with Crippen molar-refractivity contribution < 1.29 is 4.79 Å². The lowest BCUT2D eigenvalue weighted by Crippen LogP contribution is -2.20. The molecule has 2 amide bonds. The first-order chi connectivity index (χ1) is 9.72. The topological polar surface area (TPSA) is 82.7 Å². The van der Waals surface area contributed by atoms with E-state index in [1.165, 1.54) is 0 Å². The molecular weight excluding hydrogens is 254 g/mol. The number of benzene rings is 1. The van der Waals surface area contributed by atoms with Gasteiger partial charge in [-0.3, -0.25) is 5.32 Å². The van der Waals surface area contributed by atoms with Gasteiger partial charge >= 0.3 is 6.03 Å². The van der Waals surface area contributed by atoms with Gasteiger partial charge in [-0.15, -0.1) is 0 Å². The van der Waals surface area contributed by atoms with Gasteiger partial charge in [-0.1, -0.05) is 6.07 Å². The predicted molar refractivity (Wildman–Crippen MR) is 77.7 cm³/mol. The zero-order chi connectivity index (χ0) is 13.9. The summed E-state index contributed by atoms with van der Waals surface area (Å²) in [5.41, 5.74) is 3.33. The number of aromatic amines is 1. The van der Waals surface area contributed by atoms with E-state index in [2.05, 4.69) is 25.6 Å². The molecule has 0 unspecified atom stereocenters. The second-order valence-corrected chi connectivity index (χ2v) is 4.38. The summed E-state index contributed by atoms with van der Waals surface area (Å²) in [6.07, 6.45) is 3.25. The molecule has 0 spiro atoms. The summed E-state index contributed by atoms with van der Waals surface area (Å²) < 4.78 is 0. The fourth-order valence-corrected chi connectivity index (χ4v) is 1.90. The number of H-pyrrole nitrogens is 1. The summed E-state index contributed by atoms with van der Waals surface area (Å²) in [5, 5.41) is 5.48. The average molecular weight is 267 g/mol. The largest absolute Gasteiger partial charge is 0.345 e. The summed E-state index contributed by atoms with van der Waals surface area (Å²) in [7, 11) is 0. The monoisotopic (exact) mass is 267 g/mol. The van der Waals surface area contributed by atoms with Gasteiger partial charge in [0.15, 0.2) is 0 Å². The van der Waals surface area contributed by atoms with E-state index in [0.717, 1.165) is 16.6 Å². The van der Waals surface area contributed by atoms with E-state index in [1.54, 1.807) is 18.6 Å². The van der Waals surface area contributed by atoms with Crippen molar-refractivity contribution in [1.29, 1.82) is 0 Å². The lowest BCUT2D eigenvalue weighted by atomic mass is 10.3. The van der Waals surface area contributed by atoms with Crippen LogP contribution in [-0.2, 0) is 0 Å². The van der Waals surface area contributed by atoms with Gasteiger partial charge in [0.2, 0.25) is 0 Å². The van der Waals surface area contributed by atoms with Gasteiger partial charge in [-0.05, 0) is 36.8 Å². The summed E-state index contributed by atoms with van der Waals surface area (Å²) >= 11 is 0. The summed E-state index contributed by atoms with van der Waals surface area (Å²) in [6.45, 7) is 1.89. The van der Waals surface area contributed by atoms with Crippen LogP contribution in [0.3, 0.4) is 0 Å². The van der Waals surface area contributed by atoms with Crippen LogP contribution in [0.4, 0.5) is 16.3 Å².